The number of esters is 1. The van der Waals surface area contributed by atoms with Gasteiger partial charge in [-0.1, -0.05) is 30.3 Å². The van der Waals surface area contributed by atoms with Gasteiger partial charge in [-0.25, -0.2) is 4.79 Å². The molecule has 0 radical (unpaired) electrons. The van der Waals surface area contributed by atoms with Crippen LogP contribution in [0.4, 0.5) is 0 Å². The van der Waals surface area contributed by atoms with Crippen molar-refractivity contribution in [1.82, 2.24) is 0 Å². The topological polar surface area (TPSA) is 67.2 Å². The molecule has 0 atom stereocenters. The molecule has 0 saturated carbocycles. The van der Waals surface area contributed by atoms with Crippen molar-refractivity contribution in [2.24, 2.45) is 0 Å². The van der Waals surface area contributed by atoms with Gasteiger partial charge >= 0.3 is 5.97 Å². The summed E-state index contributed by atoms with van der Waals surface area (Å²) in [7, 11) is 0. The van der Waals surface area contributed by atoms with Crippen molar-refractivity contribution < 1.29 is 14.3 Å². The molecule has 2 aromatic rings. The molecular formula is C17H11NO3. The molecule has 0 bridgehead atoms. The summed E-state index contributed by atoms with van der Waals surface area (Å²) in [6, 6.07) is 16.9. The van der Waals surface area contributed by atoms with E-state index >= 15 is 0 Å². The van der Waals surface area contributed by atoms with Gasteiger partial charge in [-0.3, -0.25) is 4.79 Å². The van der Waals surface area contributed by atoms with Crippen molar-refractivity contribution in [3.8, 4) is 11.8 Å². The standard InChI is InChI=1S/C17H11NO3/c18-11-15(10-13-4-2-1-3-5-13)17(20)21-16-8-6-14(12-19)7-9-16/h1-10,12H/b15-10+. The van der Waals surface area contributed by atoms with Crippen molar-refractivity contribution in [3.05, 3.63) is 71.3 Å². The molecule has 0 aliphatic rings. The van der Waals surface area contributed by atoms with Crippen LogP contribution in [0.1, 0.15) is 15.9 Å². The average molecular weight is 277 g/mol. The van der Waals surface area contributed by atoms with Gasteiger partial charge in [-0.2, -0.15) is 5.26 Å². The maximum absolute atomic E-state index is 11.9. The highest BCUT2D eigenvalue weighted by molar-refractivity contribution is 5.99. The van der Waals surface area contributed by atoms with Gasteiger partial charge in [-0.05, 0) is 35.9 Å². The zero-order valence-corrected chi connectivity index (χ0v) is 11.0. The number of nitrogens with zero attached hydrogens (tertiary/aromatic N) is 1. The maximum atomic E-state index is 11.9. The maximum Gasteiger partial charge on any atom is 0.354 e. The van der Waals surface area contributed by atoms with Gasteiger partial charge in [0.25, 0.3) is 0 Å². The molecule has 0 aliphatic carbocycles. The van der Waals surface area contributed by atoms with E-state index < -0.39 is 5.97 Å². The molecule has 0 spiro atoms. The van der Waals surface area contributed by atoms with Crippen LogP contribution in [0.2, 0.25) is 0 Å². The van der Waals surface area contributed by atoms with Crippen molar-refractivity contribution in [1.29, 1.82) is 5.26 Å². The van der Waals surface area contributed by atoms with Gasteiger partial charge in [0, 0.05) is 5.56 Å². The second-order valence-corrected chi connectivity index (χ2v) is 4.16. The fourth-order valence-electron chi connectivity index (χ4n) is 1.63. The highest BCUT2D eigenvalue weighted by Crippen LogP contribution is 2.14. The zero-order valence-electron chi connectivity index (χ0n) is 11.0. The third-order valence-corrected chi connectivity index (χ3v) is 2.68. The fraction of sp³-hybridized carbons (Fsp3) is 0. The van der Waals surface area contributed by atoms with Gasteiger partial charge in [0.15, 0.2) is 0 Å². The summed E-state index contributed by atoms with van der Waals surface area (Å²) >= 11 is 0. The molecule has 0 heterocycles. The van der Waals surface area contributed by atoms with Crippen molar-refractivity contribution in [2.45, 2.75) is 0 Å². The van der Waals surface area contributed by atoms with E-state index in [4.69, 9.17) is 10.00 Å². The normalized spacial score (nSPS) is 10.5. The highest BCUT2D eigenvalue weighted by Gasteiger charge is 2.11. The summed E-state index contributed by atoms with van der Waals surface area (Å²) in [5.74, 6) is -0.458. The Hall–Kier alpha value is -3.19. The lowest BCUT2D eigenvalue weighted by Gasteiger charge is -2.03. The first-order chi connectivity index (χ1) is 10.2. The van der Waals surface area contributed by atoms with E-state index in [1.165, 1.54) is 30.3 Å². The molecule has 102 valence electrons. The summed E-state index contributed by atoms with van der Waals surface area (Å²) in [5, 5.41) is 9.05. The Morgan fingerprint density at radius 2 is 1.67 bits per heavy atom. The number of benzene rings is 2. The molecule has 0 aliphatic heterocycles. The van der Waals surface area contributed by atoms with E-state index in [9.17, 15) is 9.59 Å². The van der Waals surface area contributed by atoms with Crippen LogP contribution in [-0.4, -0.2) is 12.3 Å². The van der Waals surface area contributed by atoms with Crippen LogP contribution in [0.3, 0.4) is 0 Å². The number of hydrogen-bond donors (Lipinski definition) is 0. The first kappa shape index (κ1) is 14.2. The summed E-state index contributed by atoms with van der Waals surface area (Å²) < 4.78 is 5.09. The Kier molecular flexibility index (Phi) is 4.62. The predicted octanol–water partition coefficient (Wildman–Crippen LogP) is 3.01. The first-order valence-corrected chi connectivity index (χ1v) is 6.17. The van der Waals surface area contributed by atoms with E-state index in [0.717, 1.165) is 5.56 Å². The van der Waals surface area contributed by atoms with Crippen molar-refractivity contribution in [2.75, 3.05) is 0 Å². The molecule has 4 nitrogen and oxygen atoms in total. The Labute approximate surface area is 121 Å². The lowest BCUT2D eigenvalue weighted by molar-refractivity contribution is -0.129. The van der Waals surface area contributed by atoms with Crippen molar-refractivity contribution in [3.63, 3.8) is 0 Å². The first-order valence-electron chi connectivity index (χ1n) is 6.17. The van der Waals surface area contributed by atoms with Gasteiger partial charge in [0.05, 0.1) is 0 Å². The van der Waals surface area contributed by atoms with E-state index in [0.29, 0.717) is 11.8 Å². The molecular weight excluding hydrogens is 266 g/mol. The Balaban J connectivity index is 2.15. The second kappa shape index (κ2) is 6.83. The SMILES string of the molecule is N#C/C(=C\c1ccccc1)C(=O)Oc1ccc(C=O)cc1. The van der Waals surface area contributed by atoms with E-state index in [1.54, 1.807) is 12.1 Å². The Bertz CT molecular complexity index is 710. The molecule has 4 heteroatoms. The summed E-state index contributed by atoms with van der Waals surface area (Å²) in [4.78, 5) is 22.5. The summed E-state index contributed by atoms with van der Waals surface area (Å²) in [5.41, 5.74) is 1.12. The molecule has 21 heavy (non-hydrogen) atoms. The minimum Gasteiger partial charge on any atom is -0.422 e. The van der Waals surface area contributed by atoms with Crippen LogP contribution in [-0.2, 0) is 4.79 Å². The number of nitriles is 1. The lowest BCUT2D eigenvalue weighted by atomic mass is 10.1. The molecule has 0 aromatic heterocycles. The molecule has 0 fully saturated rings. The van der Waals surface area contributed by atoms with Crippen LogP contribution in [0.25, 0.3) is 6.08 Å². The number of hydrogen-bond acceptors (Lipinski definition) is 4. The molecule has 0 amide bonds. The predicted molar refractivity (Wildman–Crippen MR) is 77.5 cm³/mol. The summed E-state index contributed by atoms with van der Waals surface area (Å²) in [6.07, 6.45) is 2.16. The lowest BCUT2D eigenvalue weighted by Crippen LogP contribution is -2.10. The third-order valence-electron chi connectivity index (χ3n) is 2.68. The molecule has 2 rings (SSSR count). The van der Waals surface area contributed by atoms with E-state index in [-0.39, 0.29) is 11.3 Å². The van der Waals surface area contributed by atoms with Crippen LogP contribution in [0, 0.1) is 11.3 Å². The summed E-state index contributed by atoms with van der Waals surface area (Å²) in [6.45, 7) is 0. The van der Waals surface area contributed by atoms with Crippen molar-refractivity contribution >= 4 is 18.3 Å². The number of rotatable bonds is 4. The van der Waals surface area contributed by atoms with Gasteiger partial charge in [0.1, 0.15) is 23.7 Å². The van der Waals surface area contributed by atoms with Gasteiger partial charge < -0.3 is 4.74 Å². The van der Waals surface area contributed by atoms with Crippen LogP contribution < -0.4 is 4.74 Å². The average Bonchev–Trinajstić information content (AvgIpc) is 2.54. The molecule has 0 N–H and O–H groups in total. The van der Waals surface area contributed by atoms with Crippen LogP contribution in [0.15, 0.2) is 60.2 Å². The monoisotopic (exact) mass is 277 g/mol. The third kappa shape index (κ3) is 3.88. The van der Waals surface area contributed by atoms with E-state index in [2.05, 4.69) is 0 Å². The quantitative estimate of drug-likeness (QED) is 0.283. The molecule has 2 aromatic carbocycles. The zero-order chi connectivity index (χ0) is 15.1. The van der Waals surface area contributed by atoms with Crippen LogP contribution >= 0.6 is 0 Å². The highest BCUT2D eigenvalue weighted by atomic mass is 16.5. The van der Waals surface area contributed by atoms with Gasteiger partial charge in [0.2, 0.25) is 0 Å². The number of aldehydes is 1. The Morgan fingerprint density at radius 3 is 2.24 bits per heavy atom. The number of ether oxygens (including phenoxy) is 1. The molecule has 0 unspecified atom stereocenters. The number of carbonyl (C=O) groups is 2. The minimum absolute atomic E-state index is 0.0966. The van der Waals surface area contributed by atoms with Gasteiger partial charge in [-0.15, -0.1) is 0 Å². The molecule has 0 saturated heterocycles. The number of carbonyl (C=O) groups excluding carboxylic acids is 2. The van der Waals surface area contributed by atoms with Crippen LogP contribution in [0.5, 0.6) is 5.75 Å². The smallest absolute Gasteiger partial charge is 0.354 e. The fourth-order valence-corrected chi connectivity index (χ4v) is 1.63. The largest absolute Gasteiger partial charge is 0.422 e. The second-order valence-electron chi connectivity index (χ2n) is 4.16. The van der Waals surface area contributed by atoms with E-state index in [1.807, 2.05) is 24.3 Å². The Morgan fingerprint density at radius 1 is 1.00 bits per heavy atom. The minimum atomic E-state index is -0.736.